The maximum absolute atomic E-state index is 11.4. The van der Waals surface area contributed by atoms with Crippen LogP contribution >= 0.6 is 0 Å². The summed E-state index contributed by atoms with van der Waals surface area (Å²) in [5.41, 5.74) is 5.26. The zero-order valence-electron chi connectivity index (χ0n) is 10.9. The smallest absolute Gasteiger partial charge is 0.135 e. The number of carbonyl (C=O) groups excluding carboxylic acids is 1. The van der Waals surface area contributed by atoms with Crippen LogP contribution in [0.25, 0.3) is 0 Å². The summed E-state index contributed by atoms with van der Waals surface area (Å²) in [6, 6.07) is 0. The van der Waals surface area contributed by atoms with Crippen LogP contribution < -0.4 is 5.73 Å². The first kappa shape index (κ1) is 17.1. The van der Waals surface area contributed by atoms with Crippen molar-refractivity contribution in [1.29, 1.82) is 0 Å². The third kappa shape index (κ3) is 13.1. The number of hydrogen-bond acceptors (Lipinski definition) is 5. The van der Waals surface area contributed by atoms with Crippen molar-refractivity contribution < 1.29 is 19.0 Å². The molecule has 104 valence electrons. The molecule has 0 aromatic rings. The standard InChI is InChI=1S/C13H23NO4/c1-2-7-16-9-5-13(15)4-3-8-17-11-12-18-10-6-14/h1H,3-12,14H2. The van der Waals surface area contributed by atoms with Crippen molar-refractivity contribution in [2.75, 3.05) is 46.2 Å². The van der Waals surface area contributed by atoms with Crippen molar-refractivity contribution in [1.82, 2.24) is 0 Å². The van der Waals surface area contributed by atoms with E-state index in [1.54, 1.807) is 0 Å². The number of ether oxygens (including phenoxy) is 3. The van der Waals surface area contributed by atoms with Gasteiger partial charge < -0.3 is 19.9 Å². The van der Waals surface area contributed by atoms with Crippen LogP contribution in [-0.4, -0.2) is 52.0 Å². The Kier molecular flexibility index (Phi) is 13.4. The third-order valence-electron chi connectivity index (χ3n) is 2.09. The predicted molar refractivity (Wildman–Crippen MR) is 69.2 cm³/mol. The van der Waals surface area contributed by atoms with Gasteiger partial charge in [-0.1, -0.05) is 5.92 Å². The number of rotatable bonds is 13. The summed E-state index contributed by atoms with van der Waals surface area (Å²) in [5.74, 6) is 2.52. The molecule has 0 aliphatic carbocycles. The second-order valence-electron chi connectivity index (χ2n) is 3.66. The number of nitrogens with two attached hydrogens (primary N) is 1. The summed E-state index contributed by atoms with van der Waals surface area (Å²) >= 11 is 0. The molecule has 0 bridgehead atoms. The number of terminal acetylenes is 1. The summed E-state index contributed by atoms with van der Waals surface area (Å²) in [4.78, 5) is 11.4. The highest BCUT2D eigenvalue weighted by molar-refractivity contribution is 5.78. The lowest BCUT2D eigenvalue weighted by Crippen LogP contribution is -2.12. The molecule has 18 heavy (non-hydrogen) atoms. The van der Waals surface area contributed by atoms with Gasteiger partial charge in [0.15, 0.2) is 0 Å². The van der Waals surface area contributed by atoms with E-state index in [0.717, 1.165) is 6.42 Å². The summed E-state index contributed by atoms with van der Waals surface area (Å²) < 4.78 is 15.5. The molecule has 2 N–H and O–H groups in total. The number of Topliss-reactive ketones (excluding diaryl/α,β-unsaturated/α-hetero) is 1. The van der Waals surface area contributed by atoms with Crippen LogP contribution in [0.4, 0.5) is 0 Å². The van der Waals surface area contributed by atoms with Crippen molar-refractivity contribution in [3.63, 3.8) is 0 Å². The Balaban J connectivity index is 3.13. The second-order valence-corrected chi connectivity index (χ2v) is 3.66. The molecule has 0 rings (SSSR count). The van der Waals surface area contributed by atoms with E-state index < -0.39 is 0 Å². The first-order valence-corrected chi connectivity index (χ1v) is 6.19. The third-order valence-corrected chi connectivity index (χ3v) is 2.09. The lowest BCUT2D eigenvalue weighted by Gasteiger charge is -2.05. The molecule has 0 spiro atoms. The van der Waals surface area contributed by atoms with E-state index >= 15 is 0 Å². The molecule has 0 fully saturated rings. The van der Waals surface area contributed by atoms with Gasteiger partial charge in [0.1, 0.15) is 12.4 Å². The highest BCUT2D eigenvalue weighted by atomic mass is 16.5. The summed E-state index contributed by atoms with van der Waals surface area (Å²) in [7, 11) is 0. The molecule has 0 saturated carbocycles. The van der Waals surface area contributed by atoms with Crippen LogP contribution in [0.3, 0.4) is 0 Å². The summed E-state index contributed by atoms with van der Waals surface area (Å²) in [6.45, 7) is 3.40. The van der Waals surface area contributed by atoms with Crippen LogP contribution in [0.2, 0.25) is 0 Å². The minimum absolute atomic E-state index is 0.176. The average molecular weight is 257 g/mol. The maximum atomic E-state index is 11.4. The van der Waals surface area contributed by atoms with Crippen molar-refractivity contribution >= 4 is 5.78 Å². The van der Waals surface area contributed by atoms with Crippen molar-refractivity contribution in [3.8, 4) is 12.3 Å². The number of hydrogen-bond donors (Lipinski definition) is 1. The predicted octanol–water partition coefficient (Wildman–Crippen LogP) is 0.368. The SMILES string of the molecule is C#CCOCCC(=O)CCCOCCOCCN. The van der Waals surface area contributed by atoms with Gasteiger partial charge in [0.25, 0.3) is 0 Å². The van der Waals surface area contributed by atoms with Gasteiger partial charge in [-0.15, -0.1) is 6.42 Å². The van der Waals surface area contributed by atoms with Gasteiger partial charge in [-0.2, -0.15) is 0 Å². The Morgan fingerprint density at radius 2 is 1.72 bits per heavy atom. The van der Waals surface area contributed by atoms with E-state index in [1.807, 2.05) is 0 Å². The molecule has 0 aromatic heterocycles. The zero-order chi connectivity index (χ0) is 13.5. The fraction of sp³-hybridized carbons (Fsp3) is 0.769. The number of ketones is 1. The van der Waals surface area contributed by atoms with E-state index in [1.165, 1.54) is 0 Å². The van der Waals surface area contributed by atoms with Gasteiger partial charge in [0, 0.05) is 26.0 Å². The molecule has 0 aliphatic heterocycles. The lowest BCUT2D eigenvalue weighted by molar-refractivity contribution is -0.120. The topological polar surface area (TPSA) is 70.8 Å². The summed E-state index contributed by atoms with van der Waals surface area (Å²) in [6.07, 6.45) is 6.67. The van der Waals surface area contributed by atoms with Crippen LogP contribution in [0, 0.1) is 12.3 Å². The van der Waals surface area contributed by atoms with E-state index in [2.05, 4.69) is 5.92 Å². The van der Waals surface area contributed by atoms with Gasteiger partial charge in [0.05, 0.1) is 26.4 Å². The minimum Gasteiger partial charge on any atom is -0.379 e. The van der Waals surface area contributed by atoms with Crippen LogP contribution in [-0.2, 0) is 19.0 Å². The second kappa shape index (κ2) is 14.1. The maximum Gasteiger partial charge on any atom is 0.135 e. The van der Waals surface area contributed by atoms with Gasteiger partial charge in [-0.25, -0.2) is 0 Å². The van der Waals surface area contributed by atoms with Crippen LogP contribution in [0.15, 0.2) is 0 Å². The molecule has 0 radical (unpaired) electrons. The van der Waals surface area contributed by atoms with Gasteiger partial charge in [-0.3, -0.25) is 4.79 Å². The Morgan fingerprint density at radius 1 is 1.00 bits per heavy atom. The van der Waals surface area contributed by atoms with Gasteiger partial charge in [-0.05, 0) is 6.42 Å². The summed E-state index contributed by atoms with van der Waals surface area (Å²) in [5, 5.41) is 0. The molecule has 0 amide bonds. The number of carbonyl (C=O) groups is 1. The minimum atomic E-state index is 0.176. The molecular weight excluding hydrogens is 234 g/mol. The highest BCUT2D eigenvalue weighted by Gasteiger charge is 2.01. The quantitative estimate of drug-likeness (QED) is 0.381. The molecule has 0 heterocycles. The van der Waals surface area contributed by atoms with Crippen molar-refractivity contribution in [2.24, 2.45) is 5.73 Å². The molecule has 5 nitrogen and oxygen atoms in total. The van der Waals surface area contributed by atoms with Gasteiger partial charge in [0.2, 0.25) is 0 Å². The molecule has 0 aromatic carbocycles. The molecule has 0 unspecified atom stereocenters. The molecular formula is C13H23NO4. The van der Waals surface area contributed by atoms with Crippen molar-refractivity contribution in [3.05, 3.63) is 0 Å². The normalized spacial score (nSPS) is 10.2. The van der Waals surface area contributed by atoms with E-state index in [-0.39, 0.29) is 12.4 Å². The highest BCUT2D eigenvalue weighted by Crippen LogP contribution is 1.96. The molecule has 5 heteroatoms. The Bertz CT molecular complexity index is 238. The Labute approximate surface area is 109 Å². The van der Waals surface area contributed by atoms with Gasteiger partial charge >= 0.3 is 0 Å². The fourth-order valence-electron chi connectivity index (χ4n) is 1.22. The van der Waals surface area contributed by atoms with Crippen LogP contribution in [0.1, 0.15) is 19.3 Å². The van der Waals surface area contributed by atoms with E-state index in [9.17, 15) is 4.79 Å². The average Bonchev–Trinajstić information content (AvgIpc) is 2.38. The largest absolute Gasteiger partial charge is 0.379 e. The Morgan fingerprint density at radius 3 is 2.39 bits per heavy atom. The lowest BCUT2D eigenvalue weighted by atomic mass is 10.2. The first-order valence-electron chi connectivity index (χ1n) is 6.19. The molecule has 0 saturated heterocycles. The Hall–Kier alpha value is -0.930. The van der Waals surface area contributed by atoms with Crippen LogP contribution in [0.5, 0.6) is 0 Å². The molecule has 0 atom stereocenters. The monoisotopic (exact) mass is 257 g/mol. The fourth-order valence-corrected chi connectivity index (χ4v) is 1.22. The first-order chi connectivity index (χ1) is 8.81. The van der Waals surface area contributed by atoms with Crippen molar-refractivity contribution in [2.45, 2.75) is 19.3 Å². The molecule has 0 aliphatic rings. The zero-order valence-corrected chi connectivity index (χ0v) is 10.9. The van der Waals surface area contributed by atoms with E-state index in [0.29, 0.717) is 52.4 Å². The van der Waals surface area contributed by atoms with E-state index in [4.69, 9.17) is 26.4 Å².